The van der Waals surface area contributed by atoms with Crippen molar-refractivity contribution in [1.82, 2.24) is 9.80 Å². The second-order valence-corrected chi connectivity index (χ2v) is 16.7. The van der Waals surface area contributed by atoms with E-state index in [1.807, 2.05) is 18.2 Å². The van der Waals surface area contributed by atoms with Crippen LogP contribution in [0.15, 0.2) is 53.4 Å². The fraction of sp³-hybridized carbons (Fsp3) is 0.629. The van der Waals surface area contributed by atoms with Crippen molar-refractivity contribution < 1.29 is 27.4 Å². The highest BCUT2D eigenvalue weighted by atomic mass is 32.2. The number of sulfone groups is 1. The van der Waals surface area contributed by atoms with Gasteiger partial charge in [-0.2, -0.15) is 0 Å². The molecule has 3 N–H and O–H groups in total. The number of rotatable bonds is 11. The highest BCUT2D eigenvalue weighted by Gasteiger charge is 2.54. The van der Waals surface area contributed by atoms with Gasteiger partial charge in [0.2, 0.25) is 0 Å². The molecule has 3 saturated heterocycles. The lowest BCUT2D eigenvalue weighted by Gasteiger charge is -2.54. The van der Waals surface area contributed by atoms with Crippen LogP contribution in [0.4, 0.5) is 14.9 Å². The summed E-state index contributed by atoms with van der Waals surface area (Å²) in [5.41, 5.74) is 7.15. The smallest absolute Gasteiger partial charge is 0.404 e. The van der Waals surface area contributed by atoms with E-state index in [2.05, 4.69) is 14.7 Å². The monoisotopic (exact) mass is 654 g/mol. The lowest BCUT2D eigenvalue weighted by atomic mass is 9.58. The predicted octanol–water partition coefficient (Wildman–Crippen LogP) is 3.79. The van der Waals surface area contributed by atoms with Gasteiger partial charge in [0.1, 0.15) is 11.9 Å². The zero-order chi connectivity index (χ0) is 32.1. The van der Waals surface area contributed by atoms with Crippen molar-refractivity contribution in [3.63, 3.8) is 0 Å². The number of nitrogens with zero attached hydrogens (tertiary/aromatic N) is 3. The van der Waals surface area contributed by atoms with Crippen LogP contribution in [0, 0.1) is 23.6 Å². The fourth-order valence-corrected chi connectivity index (χ4v) is 10.7. The number of carbonyl (C=O) groups excluding carboxylic acids is 1. The minimum absolute atomic E-state index is 0.0157. The van der Waals surface area contributed by atoms with Gasteiger partial charge in [0.25, 0.3) is 0 Å². The Balaban J connectivity index is 1.03. The lowest BCUT2D eigenvalue weighted by Crippen LogP contribution is -2.61. The molecule has 2 aliphatic carbocycles. The summed E-state index contributed by atoms with van der Waals surface area (Å²) in [5.74, 6) is 0.558. The number of primary amides is 1. The molecule has 7 rings (SSSR count). The number of β-amino-alcohol motifs (C(OH)–C–C–N with tert-alkyl or cyclic N) is 1. The molecular weight excluding hydrogens is 607 g/mol. The van der Waals surface area contributed by atoms with Gasteiger partial charge in [-0.1, -0.05) is 12.1 Å². The van der Waals surface area contributed by atoms with Gasteiger partial charge in [0.05, 0.1) is 16.2 Å². The van der Waals surface area contributed by atoms with Crippen LogP contribution in [-0.4, -0.2) is 99.2 Å². The van der Waals surface area contributed by atoms with Gasteiger partial charge in [-0.15, -0.1) is 0 Å². The Hall–Kier alpha value is -2.73. The summed E-state index contributed by atoms with van der Waals surface area (Å²) in [6.07, 6.45) is 4.62. The van der Waals surface area contributed by atoms with Crippen molar-refractivity contribution >= 4 is 21.6 Å². The molecule has 0 unspecified atom stereocenters. The first-order valence-electron chi connectivity index (χ1n) is 17.1. The normalized spacial score (nSPS) is 26.8. The number of ether oxygens (including phenoxy) is 1. The largest absolute Gasteiger partial charge is 0.446 e. The molecule has 5 aliphatic rings. The average molecular weight is 655 g/mol. The molecule has 3 atom stereocenters. The van der Waals surface area contributed by atoms with Crippen LogP contribution < -0.4 is 10.6 Å². The first-order valence-corrected chi connectivity index (χ1v) is 18.6. The molecule has 0 radical (unpaired) electrons. The number of anilines is 1. The minimum atomic E-state index is -3.17. The quantitative estimate of drug-likeness (QED) is 0.376. The highest BCUT2D eigenvalue weighted by molar-refractivity contribution is 7.92. The van der Waals surface area contributed by atoms with Crippen molar-refractivity contribution in [3.8, 4) is 0 Å². The van der Waals surface area contributed by atoms with E-state index in [1.165, 1.54) is 6.07 Å². The third-order valence-corrected chi connectivity index (χ3v) is 13.7. The molecule has 5 fully saturated rings. The van der Waals surface area contributed by atoms with E-state index in [-0.39, 0.29) is 35.1 Å². The van der Waals surface area contributed by atoms with Crippen LogP contribution in [0.25, 0.3) is 0 Å². The zero-order valence-electron chi connectivity index (χ0n) is 26.5. The van der Waals surface area contributed by atoms with Gasteiger partial charge in [0.15, 0.2) is 9.84 Å². The summed E-state index contributed by atoms with van der Waals surface area (Å²) in [4.78, 5) is 19.5. The van der Waals surface area contributed by atoms with E-state index in [0.29, 0.717) is 30.4 Å². The Kier molecular flexibility index (Phi) is 8.80. The van der Waals surface area contributed by atoms with E-state index in [9.17, 15) is 22.7 Å². The number of aliphatic hydroxyl groups excluding tert-OH is 1. The molecule has 2 aromatic rings. The van der Waals surface area contributed by atoms with E-state index < -0.39 is 21.3 Å². The van der Waals surface area contributed by atoms with Gasteiger partial charge < -0.3 is 25.4 Å². The van der Waals surface area contributed by atoms with E-state index in [0.717, 1.165) is 88.9 Å². The Morgan fingerprint density at radius 1 is 0.957 bits per heavy atom. The number of carbonyl (C=O) groups is 1. The molecule has 1 amide bonds. The lowest BCUT2D eigenvalue weighted by molar-refractivity contribution is -0.0520. The first kappa shape index (κ1) is 31.8. The van der Waals surface area contributed by atoms with Gasteiger partial charge in [-0.25, -0.2) is 17.6 Å². The Labute approximate surface area is 271 Å². The first-order chi connectivity index (χ1) is 22.1. The minimum Gasteiger partial charge on any atom is -0.446 e. The van der Waals surface area contributed by atoms with Crippen LogP contribution >= 0.6 is 0 Å². The molecule has 2 saturated carbocycles. The molecule has 0 spiro atoms. The van der Waals surface area contributed by atoms with Gasteiger partial charge in [-0.3, -0.25) is 4.90 Å². The van der Waals surface area contributed by atoms with Gasteiger partial charge in [-0.05, 0) is 106 Å². The van der Waals surface area contributed by atoms with Gasteiger partial charge in [0, 0.05) is 62.2 Å². The van der Waals surface area contributed by atoms with Crippen LogP contribution in [0.1, 0.15) is 50.5 Å². The summed E-state index contributed by atoms with van der Waals surface area (Å²) in [6, 6.07) is 14.4. The maximum Gasteiger partial charge on any atom is 0.404 e. The molecule has 250 valence electrons. The maximum atomic E-state index is 14.9. The summed E-state index contributed by atoms with van der Waals surface area (Å²) in [6.45, 7) is 6.70. The van der Waals surface area contributed by atoms with Crippen molar-refractivity contribution in [3.05, 3.63) is 59.9 Å². The maximum absolute atomic E-state index is 14.9. The number of likely N-dealkylation sites (tertiary alicyclic amines) is 2. The summed E-state index contributed by atoms with van der Waals surface area (Å²) in [7, 11) is -3.17. The van der Waals surface area contributed by atoms with Crippen LogP contribution in [0.5, 0.6) is 0 Å². The molecule has 0 aromatic heterocycles. The van der Waals surface area contributed by atoms with Crippen molar-refractivity contribution in [1.29, 1.82) is 0 Å². The van der Waals surface area contributed by atoms with E-state index >= 15 is 0 Å². The van der Waals surface area contributed by atoms with Crippen LogP contribution in [-0.2, 0) is 20.0 Å². The Bertz CT molecular complexity index is 1500. The zero-order valence-corrected chi connectivity index (χ0v) is 27.3. The summed E-state index contributed by atoms with van der Waals surface area (Å²) < 4.78 is 45.7. The Morgan fingerprint density at radius 3 is 2.30 bits per heavy atom. The molecule has 46 heavy (non-hydrogen) atoms. The van der Waals surface area contributed by atoms with E-state index in [1.54, 1.807) is 24.3 Å². The third-order valence-electron chi connectivity index (χ3n) is 11.5. The number of aliphatic hydroxyl groups is 1. The van der Waals surface area contributed by atoms with Crippen LogP contribution in [0.3, 0.4) is 0 Å². The Morgan fingerprint density at radius 2 is 1.67 bits per heavy atom. The second kappa shape index (κ2) is 12.7. The van der Waals surface area contributed by atoms with Crippen LogP contribution in [0.2, 0.25) is 0 Å². The topological polar surface area (TPSA) is 116 Å². The number of nitrogens with two attached hydrogens (primary N) is 1. The molecule has 3 aliphatic heterocycles. The fourth-order valence-electron chi connectivity index (χ4n) is 9.02. The standard InChI is InChI=1S/C35H47FN4O5S/c36-27-4-1-3-26(17-27)35(23-39-21-29(41)22-39,32-5-2-6-33(32)45-34(37)42)25-13-15-38(16-14-25)18-24-19-40(20-24)28-7-9-30(10-8-28)46(43,44)31-11-12-31/h1,3-4,7-10,17,24-25,29,31-33,41H,2,5-6,11-16,18-23H2,(H2,37,42)/t32-,33-,35-/m0/s1. The number of hydrogen-bond acceptors (Lipinski definition) is 8. The summed E-state index contributed by atoms with van der Waals surface area (Å²) >= 11 is 0. The molecular formula is C35H47FN4O5S. The molecule has 0 bridgehead atoms. The predicted molar refractivity (Wildman–Crippen MR) is 174 cm³/mol. The number of amides is 1. The molecule has 11 heteroatoms. The van der Waals surface area contributed by atoms with Crippen molar-refractivity contribution in [2.75, 3.05) is 57.3 Å². The number of halogens is 1. The second-order valence-electron chi connectivity index (χ2n) is 14.5. The van der Waals surface area contributed by atoms with Crippen molar-refractivity contribution in [2.45, 2.75) is 72.7 Å². The number of hydrogen-bond donors (Lipinski definition) is 2. The number of piperidine rings is 1. The van der Waals surface area contributed by atoms with Crippen molar-refractivity contribution in [2.24, 2.45) is 23.5 Å². The molecule has 2 aromatic carbocycles. The molecule has 3 heterocycles. The molecule has 9 nitrogen and oxygen atoms in total. The van der Waals surface area contributed by atoms with Gasteiger partial charge >= 0.3 is 6.09 Å². The highest BCUT2D eigenvalue weighted by Crippen LogP contribution is 2.52. The average Bonchev–Trinajstić information content (AvgIpc) is 3.77. The number of benzene rings is 2. The SMILES string of the molecule is NC(=O)O[C@H]1CCC[C@@H]1[C@](CN1CC(O)C1)(c1cccc(F)c1)C1CCN(CC2CN(c3ccc(S(=O)(=O)C4CC4)cc3)C2)CC1. The third kappa shape index (κ3) is 6.28. The summed E-state index contributed by atoms with van der Waals surface area (Å²) in [5, 5.41) is 9.97. The van der Waals surface area contributed by atoms with E-state index in [4.69, 9.17) is 10.5 Å².